The van der Waals surface area contributed by atoms with Crippen molar-refractivity contribution >= 4 is 22.5 Å². The summed E-state index contributed by atoms with van der Waals surface area (Å²) in [5.41, 5.74) is 1.05. The van der Waals surface area contributed by atoms with Gasteiger partial charge in [0.1, 0.15) is 0 Å². The Morgan fingerprint density at radius 3 is 2.91 bits per heavy atom. The van der Waals surface area contributed by atoms with Gasteiger partial charge in [0.25, 0.3) is 0 Å². The van der Waals surface area contributed by atoms with E-state index in [9.17, 15) is 9.90 Å². The summed E-state index contributed by atoms with van der Waals surface area (Å²) in [5, 5.41) is 12.0. The molecular weight excluding hydrogens is 290 g/mol. The molecule has 1 atom stereocenters. The van der Waals surface area contributed by atoms with Crippen LogP contribution in [0.2, 0.25) is 0 Å². The molecule has 1 unspecified atom stereocenters. The van der Waals surface area contributed by atoms with Crippen molar-refractivity contribution in [2.24, 2.45) is 0 Å². The van der Waals surface area contributed by atoms with Crippen molar-refractivity contribution in [3.8, 4) is 0 Å². The van der Waals surface area contributed by atoms with Crippen molar-refractivity contribution in [1.82, 2.24) is 9.88 Å². The largest absolute Gasteiger partial charge is 0.388 e. The number of anilines is 1. The van der Waals surface area contributed by atoms with Crippen LogP contribution in [-0.2, 0) is 4.79 Å². The topological polar surface area (TPSA) is 56.7 Å². The molecule has 5 heteroatoms. The van der Waals surface area contributed by atoms with Crippen molar-refractivity contribution < 1.29 is 9.90 Å². The highest BCUT2D eigenvalue weighted by atomic mass is 16.3. The van der Waals surface area contributed by atoms with Gasteiger partial charge in [0.15, 0.2) is 0 Å². The number of carbonyl (C=O) groups excluding carboxylic acids is 1. The molecule has 1 aliphatic heterocycles. The van der Waals surface area contributed by atoms with Gasteiger partial charge in [0.2, 0.25) is 5.91 Å². The Balaban J connectivity index is 1.87. The van der Waals surface area contributed by atoms with Crippen LogP contribution in [0.15, 0.2) is 36.5 Å². The normalized spacial score (nSPS) is 21.4. The van der Waals surface area contributed by atoms with Crippen LogP contribution in [0, 0.1) is 0 Å². The van der Waals surface area contributed by atoms with Crippen LogP contribution < -0.4 is 4.90 Å². The number of benzene rings is 1. The summed E-state index contributed by atoms with van der Waals surface area (Å²) in [6.07, 6.45) is 3.50. The zero-order valence-corrected chi connectivity index (χ0v) is 13.7. The van der Waals surface area contributed by atoms with Gasteiger partial charge in [-0.05, 0) is 25.0 Å². The molecule has 0 bridgehead atoms. The van der Waals surface area contributed by atoms with Gasteiger partial charge in [-0.3, -0.25) is 9.78 Å². The highest BCUT2D eigenvalue weighted by Crippen LogP contribution is 2.32. The number of aromatic nitrogens is 1. The molecule has 0 spiro atoms. The van der Waals surface area contributed by atoms with E-state index in [0.29, 0.717) is 13.0 Å². The first-order valence-corrected chi connectivity index (χ1v) is 8.00. The minimum Gasteiger partial charge on any atom is -0.388 e. The Morgan fingerprint density at radius 2 is 2.13 bits per heavy atom. The molecule has 0 saturated carbocycles. The number of para-hydroxylation sites is 1. The summed E-state index contributed by atoms with van der Waals surface area (Å²) in [7, 11) is 3.45. The fourth-order valence-electron chi connectivity index (χ4n) is 3.26. The number of nitrogens with zero attached hydrogens (tertiary/aromatic N) is 3. The number of rotatable bonds is 3. The molecule has 23 heavy (non-hydrogen) atoms. The second-order valence-electron chi connectivity index (χ2n) is 6.56. The van der Waals surface area contributed by atoms with Gasteiger partial charge in [-0.1, -0.05) is 18.2 Å². The van der Waals surface area contributed by atoms with E-state index in [0.717, 1.165) is 29.6 Å². The summed E-state index contributed by atoms with van der Waals surface area (Å²) >= 11 is 0. The van der Waals surface area contributed by atoms with Gasteiger partial charge in [0.05, 0.1) is 17.5 Å². The highest BCUT2D eigenvalue weighted by molar-refractivity contribution is 5.91. The maximum absolute atomic E-state index is 12.0. The first-order chi connectivity index (χ1) is 11.0. The van der Waals surface area contributed by atoms with Crippen LogP contribution >= 0.6 is 0 Å². The first kappa shape index (κ1) is 15.7. The molecule has 3 rings (SSSR count). The maximum Gasteiger partial charge on any atom is 0.225 e. The predicted molar refractivity (Wildman–Crippen MR) is 91.5 cm³/mol. The smallest absolute Gasteiger partial charge is 0.225 e. The van der Waals surface area contributed by atoms with Crippen LogP contribution in [0.4, 0.5) is 5.69 Å². The zero-order valence-electron chi connectivity index (χ0n) is 13.7. The fraction of sp³-hybridized carbons (Fsp3) is 0.444. The number of fused-ring (bicyclic) bond motifs is 1. The number of aliphatic hydroxyl groups is 1. The highest BCUT2D eigenvalue weighted by Gasteiger charge is 2.36. The van der Waals surface area contributed by atoms with E-state index in [1.165, 1.54) is 0 Å². The molecule has 122 valence electrons. The number of hydrogen-bond acceptors (Lipinski definition) is 4. The lowest BCUT2D eigenvalue weighted by Gasteiger charge is -2.40. The van der Waals surface area contributed by atoms with Crippen LogP contribution in [0.1, 0.15) is 19.3 Å². The third-order valence-electron chi connectivity index (χ3n) is 4.50. The molecule has 2 aromatic rings. The van der Waals surface area contributed by atoms with Crippen LogP contribution in [0.25, 0.3) is 10.9 Å². The van der Waals surface area contributed by atoms with E-state index < -0.39 is 5.60 Å². The summed E-state index contributed by atoms with van der Waals surface area (Å²) in [5.74, 6) is -0.0334. The summed E-state index contributed by atoms with van der Waals surface area (Å²) in [6, 6.07) is 10.0. The lowest BCUT2D eigenvalue weighted by molar-refractivity contribution is -0.134. The number of piperidine rings is 1. The summed E-state index contributed by atoms with van der Waals surface area (Å²) < 4.78 is 0. The van der Waals surface area contributed by atoms with Gasteiger partial charge in [-0.15, -0.1) is 0 Å². The minimum absolute atomic E-state index is 0.0334. The van der Waals surface area contributed by atoms with Crippen molar-refractivity contribution in [3.63, 3.8) is 0 Å². The van der Waals surface area contributed by atoms with E-state index in [1.54, 1.807) is 25.2 Å². The molecule has 0 aliphatic carbocycles. The molecule has 1 N–H and O–H groups in total. The van der Waals surface area contributed by atoms with E-state index >= 15 is 0 Å². The van der Waals surface area contributed by atoms with Crippen molar-refractivity contribution in [1.29, 1.82) is 0 Å². The quantitative estimate of drug-likeness (QED) is 0.942. The molecule has 1 fully saturated rings. The number of pyridine rings is 1. The second-order valence-corrected chi connectivity index (χ2v) is 6.56. The van der Waals surface area contributed by atoms with Crippen molar-refractivity contribution in [2.45, 2.75) is 24.9 Å². The van der Waals surface area contributed by atoms with Gasteiger partial charge in [-0.25, -0.2) is 0 Å². The van der Waals surface area contributed by atoms with Gasteiger partial charge < -0.3 is 14.9 Å². The van der Waals surface area contributed by atoms with Crippen LogP contribution in [0.5, 0.6) is 0 Å². The Kier molecular flexibility index (Phi) is 4.22. The molecule has 1 amide bonds. The lowest BCUT2D eigenvalue weighted by Crippen LogP contribution is -2.50. The average Bonchev–Trinajstić information content (AvgIpc) is 2.54. The maximum atomic E-state index is 12.0. The fourth-order valence-corrected chi connectivity index (χ4v) is 3.26. The Bertz CT molecular complexity index is 711. The second kappa shape index (κ2) is 6.16. The molecule has 1 aromatic heterocycles. The average molecular weight is 313 g/mol. The lowest BCUT2D eigenvalue weighted by atomic mass is 9.88. The number of amides is 1. The van der Waals surface area contributed by atoms with Gasteiger partial charge >= 0.3 is 0 Å². The van der Waals surface area contributed by atoms with Gasteiger partial charge in [-0.2, -0.15) is 0 Å². The zero-order chi connectivity index (χ0) is 16.4. The number of hydrogen-bond donors (Lipinski definition) is 1. The molecule has 0 radical (unpaired) electrons. The Labute approximate surface area is 136 Å². The predicted octanol–water partition coefficient (Wildman–Crippen LogP) is 2.04. The molecular formula is C18H23N3O2. The number of carbonyl (C=O) groups is 1. The van der Waals surface area contributed by atoms with Crippen molar-refractivity contribution in [3.05, 3.63) is 36.5 Å². The van der Waals surface area contributed by atoms with E-state index in [4.69, 9.17) is 0 Å². The summed E-state index contributed by atoms with van der Waals surface area (Å²) in [6.45, 7) is 1.35. The van der Waals surface area contributed by atoms with Crippen LogP contribution in [0.3, 0.4) is 0 Å². The van der Waals surface area contributed by atoms with Crippen molar-refractivity contribution in [2.75, 3.05) is 32.1 Å². The SMILES string of the molecule is CN(C)C(=O)CC1(O)CCCN(c2ccnc3ccccc23)C1. The molecule has 1 saturated heterocycles. The third-order valence-corrected chi connectivity index (χ3v) is 4.50. The first-order valence-electron chi connectivity index (χ1n) is 8.00. The van der Waals surface area contributed by atoms with E-state index in [2.05, 4.69) is 16.0 Å². The summed E-state index contributed by atoms with van der Waals surface area (Å²) in [4.78, 5) is 20.1. The van der Waals surface area contributed by atoms with Gasteiger partial charge in [0, 0.05) is 44.5 Å². The number of β-amino-alcohol motifs (C(OH)–C–C–N with tert-alkyl or cyclic N) is 1. The van der Waals surface area contributed by atoms with E-state index in [1.807, 2.05) is 24.3 Å². The molecule has 2 heterocycles. The molecule has 5 nitrogen and oxygen atoms in total. The molecule has 1 aromatic carbocycles. The standard InChI is InChI=1S/C18H23N3O2/c1-20(2)17(22)12-18(23)9-5-11-21(13-18)16-8-10-19-15-7-4-3-6-14(15)16/h3-4,6-8,10,23H,5,9,11-13H2,1-2H3. The third kappa shape index (κ3) is 3.29. The Hall–Kier alpha value is -2.14. The minimum atomic E-state index is -0.968. The molecule has 1 aliphatic rings. The Morgan fingerprint density at radius 1 is 1.35 bits per heavy atom. The van der Waals surface area contributed by atoms with E-state index in [-0.39, 0.29) is 12.3 Å². The monoisotopic (exact) mass is 313 g/mol. The van der Waals surface area contributed by atoms with Crippen LogP contribution in [-0.4, -0.2) is 53.7 Å².